The van der Waals surface area contributed by atoms with Gasteiger partial charge in [-0.3, -0.25) is 4.98 Å². The highest BCUT2D eigenvalue weighted by Crippen LogP contribution is 2.25. The fourth-order valence-corrected chi connectivity index (χ4v) is 1.86. The summed E-state index contributed by atoms with van der Waals surface area (Å²) in [7, 11) is 1.98. The summed E-state index contributed by atoms with van der Waals surface area (Å²) >= 11 is 0. The maximum absolute atomic E-state index is 4.39. The Labute approximate surface area is 73.0 Å². The Hall–Kier alpha value is -1.05. The lowest BCUT2D eigenvalue weighted by molar-refractivity contribution is 0.669. The number of pyridine rings is 1. The summed E-state index contributed by atoms with van der Waals surface area (Å²) in [6.45, 7) is 0. The minimum absolute atomic E-state index is 1.16. The summed E-state index contributed by atoms with van der Waals surface area (Å²) in [5, 5.41) is 3.22. The quantitative estimate of drug-likeness (QED) is 0.683. The smallest absolute Gasteiger partial charge is 0.0456 e. The van der Waals surface area contributed by atoms with Gasteiger partial charge in [-0.1, -0.05) is 0 Å². The molecule has 2 rings (SSSR count). The van der Waals surface area contributed by atoms with Crippen LogP contribution in [-0.4, -0.2) is 12.0 Å². The lowest BCUT2D eigenvalue weighted by Crippen LogP contribution is -2.07. The molecule has 1 aromatic heterocycles. The van der Waals surface area contributed by atoms with Crippen LogP contribution < -0.4 is 5.32 Å². The van der Waals surface area contributed by atoms with Gasteiger partial charge in [0.1, 0.15) is 0 Å². The highest BCUT2D eigenvalue weighted by atomic mass is 14.8. The van der Waals surface area contributed by atoms with Crippen molar-refractivity contribution < 1.29 is 0 Å². The molecule has 12 heavy (non-hydrogen) atoms. The molecule has 0 saturated heterocycles. The number of aromatic nitrogens is 1. The molecule has 0 aliphatic heterocycles. The van der Waals surface area contributed by atoms with Gasteiger partial charge in [0.05, 0.1) is 0 Å². The Balaban J connectivity index is 2.44. The molecule has 0 fully saturated rings. The maximum atomic E-state index is 4.39. The molecular weight excluding hydrogens is 148 g/mol. The van der Waals surface area contributed by atoms with E-state index in [4.69, 9.17) is 0 Å². The second-order valence-electron chi connectivity index (χ2n) is 3.24. The van der Waals surface area contributed by atoms with Crippen molar-refractivity contribution >= 4 is 5.69 Å². The first-order valence-electron chi connectivity index (χ1n) is 4.56. The lowest BCUT2D eigenvalue weighted by Gasteiger charge is -2.17. The molecular formula is C10H14N2. The fraction of sp³-hybridized carbons (Fsp3) is 0.500. The molecule has 0 saturated carbocycles. The van der Waals surface area contributed by atoms with Crippen LogP contribution in [-0.2, 0) is 12.8 Å². The summed E-state index contributed by atoms with van der Waals surface area (Å²) in [6.07, 6.45) is 6.86. The van der Waals surface area contributed by atoms with Gasteiger partial charge in [-0.15, -0.1) is 0 Å². The van der Waals surface area contributed by atoms with Crippen LogP contribution in [0.2, 0.25) is 0 Å². The molecule has 0 atom stereocenters. The van der Waals surface area contributed by atoms with E-state index in [-0.39, 0.29) is 0 Å². The molecule has 1 heterocycles. The van der Waals surface area contributed by atoms with Gasteiger partial charge in [0.15, 0.2) is 0 Å². The number of aryl methyl sites for hydroxylation is 1. The second kappa shape index (κ2) is 3.13. The predicted molar refractivity (Wildman–Crippen MR) is 50.4 cm³/mol. The molecule has 1 aliphatic carbocycles. The SMILES string of the molecule is CNc1ccnc2c1CCCC2. The van der Waals surface area contributed by atoms with Gasteiger partial charge in [0.2, 0.25) is 0 Å². The van der Waals surface area contributed by atoms with Crippen LogP contribution in [0.15, 0.2) is 12.3 Å². The Morgan fingerprint density at radius 1 is 1.33 bits per heavy atom. The Kier molecular flexibility index (Phi) is 1.98. The molecule has 0 spiro atoms. The number of nitrogens with one attached hydrogen (secondary N) is 1. The molecule has 2 heteroatoms. The Morgan fingerprint density at radius 3 is 3.00 bits per heavy atom. The number of fused-ring (bicyclic) bond motifs is 1. The topological polar surface area (TPSA) is 24.9 Å². The molecule has 1 N–H and O–H groups in total. The zero-order valence-electron chi connectivity index (χ0n) is 7.43. The fourth-order valence-electron chi connectivity index (χ4n) is 1.86. The van der Waals surface area contributed by atoms with Crippen molar-refractivity contribution in [2.24, 2.45) is 0 Å². The Bertz CT molecular complexity index is 267. The van der Waals surface area contributed by atoms with Crippen LogP contribution in [0.4, 0.5) is 5.69 Å². The number of nitrogens with zero attached hydrogens (tertiary/aromatic N) is 1. The summed E-state index contributed by atoms with van der Waals surface area (Å²) < 4.78 is 0. The molecule has 1 aromatic rings. The number of hydrogen-bond donors (Lipinski definition) is 1. The van der Waals surface area contributed by atoms with Crippen molar-refractivity contribution in [2.45, 2.75) is 25.7 Å². The summed E-state index contributed by atoms with van der Waals surface area (Å²) in [5.74, 6) is 0. The molecule has 0 bridgehead atoms. The maximum Gasteiger partial charge on any atom is 0.0456 e. The summed E-state index contributed by atoms with van der Waals surface area (Å²) in [6, 6.07) is 2.06. The van der Waals surface area contributed by atoms with E-state index in [9.17, 15) is 0 Å². The van der Waals surface area contributed by atoms with Gasteiger partial charge in [-0.2, -0.15) is 0 Å². The Morgan fingerprint density at radius 2 is 2.17 bits per heavy atom. The molecule has 0 unspecified atom stereocenters. The number of hydrogen-bond acceptors (Lipinski definition) is 2. The van der Waals surface area contributed by atoms with Crippen LogP contribution in [0.25, 0.3) is 0 Å². The van der Waals surface area contributed by atoms with Crippen LogP contribution in [0, 0.1) is 0 Å². The summed E-state index contributed by atoms with van der Waals surface area (Å²) in [5.41, 5.74) is 4.00. The zero-order chi connectivity index (χ0) is 8.39. The molecule has 64 valence electrons. The molecule has 0 amide bonds. The predicted octanol–water partition coefficient (Wildman–Crippen LogP) is 2.00. The van der Waals surface area contributed by atoms with Crippen LogP contribution >= 0.6 is 0 Å². The summed E-state index contributed by atoms with van der Waals surface area (Å²) in [4.78, 5) is 4.39. The van der Waals surface area contributed by atoms with Gasteiger partial charge >= 0.3 is 0 Å². The molecule has 2 nitrogen and oxygen atoms in total. The molecule has 0 radical (unpaired) electrons. The molecule has 1 aliphatic rings. The van der Waals surface area contributed by atoms with Crippen molar-refractivity contribution in [2.75, 3.05) is 12.4 Å². The minimum Gasteiger partial charge on any atom is -0.388 e. The van der Waals surface area contributed by atoms with Crippen molar-refractivity contribution in [3.63, 3.8) is 0 Å². The first-order chi connectivity index (χ1) is 5.92. The third-order valence-corrected chi connectivity index (χ3v) is 2.50. The largest absolute Gasteiger partial charge is 0.388 e. The van der Waals surface area contributed by atoms with Gasteiger partial charge in [0, 0.05) is 24.6 Å². The normalized spacial score (nSPS) is 15.4. The minimum atomic E-state index is 1.16. The standard InChI is InChI=1S/C10H14N2/c1-11-9-6-7-12-10-5-3-2-4-8(9)10/h6-7H,2-5H2,1H3,(H,11,12). The van der Waals surface area contributed by atoms with Crippen molar-refractivity contribution in [1.29, 1.82) is 0 Å². The van der Waals surface area contributed by atoms with Gasteiger partial charge in [-0.25, -0.2) is 0 Å². The van der Waals surface area contributed by atoms with Crippen LogP contribution in [0.3, 0.4) is 0 Å². The van der Waals surface area contributed by atoms with Crippen molar-refractivity contribution in [3.8, 4) is 0 Å². The highest BCUT2D eigenvalue weighted by molar-refractivity contribution is 5.52. The van der Waals surface area contributed by atoms with Crippen molar-refractivity contribution in [1.82, 2.24) is 4.98 Å². The van der Waals surface area contributed by atoms with E-state index < -0.39 is 0 Å². The lowest BCUT2D eigenvalue weighted by atomic mass is 9.95. The highest BCUT2D eigenvalue weighted by Gasteiger charge is 2.12. The van der Waals surface area contributed by atoms with Crippen LogP contribution in [0.1, 0.15) is 24.1 Å². The van der Waals surface area contributed by atoms with E-state index in [2.05, 4.69) is 16.4 Å². The monoisotopic (exact) mass is 162 g/mol. The van der Waals surface area contributed by atoms with Gasteiger partial charge in [0.25, 0.3) is 0 Å². The van der Waals surface area contributed by atoms with Crippen LogP contribution in [0.5, 0.6) is 0 Å². The second-order valence-corrected chi connectivity index (χ2v) is 3.24. The number of rotatable bonds is 1. The number of anilines is 1. The van der Waals surface area contributed by atoms with Gasteiger partial charge in [-0.05, 0) is 37.3 Å². The van der Waals surface area contributed by atoms with E-state index in [1.807, 2.05) is 13.2 Å². The third-order valence-electron chi connectivity index (χ3n) is 2.50. The zero-order valence-corrected chi connectivity index (χ0v) is 7.43. The first kappa shape index (κ1) is 7.59. The van der Waals surface area contributed by atoms with E-state index in [0.29, 0.717) is 0 Å². The average molecular weight is 162 g/mol. The van der Waals surface area contributed by atoms with E-state index in [1.165, 1.54) is 36.2 Å². The molecule has 0 aromatic carbocycles. The van der Waals surface area contributed by atoms with E-state index >= 15 is 0 Å². The third kappa shape index (κ3) is 1.17. The van der Waals surface area contributed by atoms with Crippen molar-refractivity contribution in [3.05, 3.63) is 23.5 Å². The van der Waals surface area contributed by atoms with E-state index in [0.717, 1.165) is 6.42 Å². The van der Waals surface area contributed by atoms with Gasteiger partial charge < -0.3 is 5.32 Å². The average Bonchev–Trinajstić information content (AvgIpc) is 2.17. The first-order valence-corrected chi connectivity index (χ1v) is 4.56. The van der Waals surface area contributed by atoms with E-state index in [1.54, 1.807) is 0 Å².